The summed E-state index contributed by atoms with van der Waals surface area (Å²) in [4.78, 5) is 0. The standard InChI is InChI=1S/C17H18O/c1-13(15-7-5-4-6-8-15)14(2)16-9-11-17(18-3)12-10-16/h4-12H,1-3H3/b14-13+. The largest absolute Gasteiger partial charge is 0.497 e. The number of benzene rings is 2. The first-order valence-corrected chi connectivity index (χ1v) is 6.09. The van der Waals surface area contributed by atoms with Crippen LogP contribution < -0.4 is 4.74 Å². The summed E-state index contributed by atoms with van der Waals surface area (Å²) in [5.41, 5.74) is 5.10. The Bertz CT molecular complexity index is 536. The zero-order valence-electron chi connectivity index (χ0n) is 11.1. The summed E-state index contributed by atoms with van der Waals surface area (Å²) in [5, 5.41) is 0. The van der Waals surface area contributed by atoms with Gasteiger partial charge in [0.05, 0.1) is 7.11 Å². The van der Waals surface area contributed by atoms with E-state index in [1.54, 1.807) is 7.11 Å². The van der Waals surface area contributed by atoms with Crippen LogP contribution in [-0.2, 0) is 0 Å². The maximum atomic E-state index is 5.18. The van der Waals surface area contributed by atoms with Crippen LogP contribution in [0.25, 0.3) is 11.1 Å². The first-order valence-electron chi connectivity index (χ1n) is 6.09. The molecule has 18 heavy (non-hydrogen) atoms. The molecule has 0 saturated heterocycles. The smallest absolute Gasteiger partial charge is 0.118 e. The lowest BCUT2D eigenvalue weighted by Crippen LogP contribution is -1.87. The molecule has 0 saturated carbocycles. The molecule has 0 heterocycles. The molecular formula is C17H18O. The number of ether oxygens (including phenoxy) is 1. The third kappa shape index (κ3) is 2.62. The Morgan fingerprint density at radius 3 is 1.72 bits per heavy atom. The van der Waals surface area contributed by atoms with Crippen molar-refractivity contribution >= 4 is 11.1 Å². The first kappa shape index (κ1) is 12.4. The summed E-state index contributed by atoms with van der Waals surface area (Å²) in [5.74, 6) is 0.893. The molecule has 0 spiro atoms. The molecule has 2 aromatic rings. The van der Waals surface area contributed by atoms with Gasteiger partial charge in [0.25, 0.3) is 0 Å². The molecule has 0 bridgehead atoms. The van der Waals surface area contributed by atoms with Crippen LogP contribution in [0.5, 0.6) is 5.75 Å². The lowest BCUT2D eigenvalue weighted by Gasteiger charge is -2.09. The lowest BCUT2D eigenvalue weighted by atomic mass is 9.97. The Labute approximate surface area is 109 Å². The Balaban J connectivity index is 2.37. The Morgan fingerprint density at radius 2 is 1.22 bits per heavy atom. The predicted molar refractivity (Wildman–Crippen MR) is 77.6 cm³/mol. The summed E-state index contributed by atoms with van der Waals surface area (Å²) >= 11 is 0. The highest BCUT2D eigenvalue weighted by Gasteiger charge is 2.03. The summed E-state index contributed by atoms with van der Waals surface area (Å²) in [6, 6.07) is 18.7. The van der Waals surface area contributed by atoms with E-state index in [1.807, 2.05) is 18.2 Å². The monoisotopic (exact) mass is 238 g/mol. The number of hydrogen-bond donors (Lipinski definition) is 0. The van der Waals surface area contributed by atoms with Crippen molar-refractivity contribution in [1.82, 2.24) is 0 Å². The molecule has 0 amide bonds. The molecule has 0 aliphatic carbocycles. The van der Waals surface area contributed by atoms with Gasteiger partial charge >= 0.3 is 0 Å². The van der Waals surface area contributed by atoms with E-state index in [9.17, 15) is 0 Å². The third-order valence-corrected chi connectivity index (χ3v) is 3.29. The van der Waals surface area contributed by atoms with Gasteiger partial charge in [-0.25, -0.2) is 0 Å². The van der Waals surface area contributed by atoms with E-state index < -0.39 is 0 Å². The molecule has 0 unspecified atom stereocenters. The van der Waals surface area contributed by atoms with Gasteiger partial charge in [-0.2, -0.15) is 0 Å². The van der Waals surface area contributed by atoms with E-state index in [-0.39, 0.29) is 0 Å². The van der Waals surface area contributed by atoms with Gasteiger partial charge in [0, 0.05) is 0 Å². The van der Waals surface area contributed by atoms with Crippen LogP contribution in [0, 0.1) is 0 Å². The van der Waals surface area contributed by atoms with Crippen molar-refractivity contribution in [2.45, 2.75) is 13.8 Å². The van der Waals surface area contributed by atoms with Crippen LogP contribution in [0.2, 0.25) is 0 Å². The highest BCUT2D eigenvalue weighted by Crippen LogP contribution is 2.26. The fourth-order valence-electron chi connectivity index (χ4n) is 1.96. The van der Waals surface area contributed by atoms with Crippen LogP contribution in [0.4, 0.5) is 0 Å². The van der Waals surface area contributed by atoms with Gasteiger partial charge in [0.15, 0.2) is 0 Å². The average Bonchev–Trinajstić information content (AvgIpc) is 2.47. The quantitative estimate of drug-likeness (QED) is 0.707. The zero-order chi connectivity index (χ0) is 13.0. The van der Waals surface area contributed by atoms with E-state index >= 15 is 0 Å². The van der Waals surface area contributed by atoms with E-state index in [4.69, 9.17) is 4.74 Å². The van der Waals surface area contributed by atoms with Gasteiger partial charge in [0.1, 0.15) is 5.75 Å². The Kier molecular flexibility index (Phi) is 3.83. The highest BCUT2D eigenvalue weighted by atomic mass is 16.5. The van der Waals surface area contributed by atoms with Crippen LogP contribution in [0.15, 0.2) is 54.6 Å². The van der Waals surface area contributed by atoms with E-state index in [1.165, 1.54) is 22.3 Å². The molecule has 92 valence electrons. The minimum absolute atomic E-state index is 0.893. The fourth-order valence-corrected chi connectivity index (χ4v) is 1.96. The van der Waals surface area contributed by atoms with Crippen molar-refractivity contribution in [2.75, 3.05) is 7.11 Å². The molecule has 0 fully saturated rings. The molecule has 0 aliphatic rings. The number of hydrogen-bond acceptors (Lipinski definition) is 1. The topological polar surface area (TPSA) is 9.23 Å². The number of methoxy groups -OCH3 is 1. The van der Waals surface area contributed by atoms with Crippen molar-refractivity contribution in [3.8, 4) is 5.75 Å². The van der Waals surface area contributed by atoms with Crippen LogP contribution in [-0.4, -0.2) is 7.11 Å². The molecule has 0 atom stereocenters. The molecule has 0 aromatic heterocycles. The summed E-state index contributed by atoms with van der Waals surface area (Å²) in [7, 11) is 1.69. The second-order valence-corrected chi connectivity index (χ2v) is 4.34. The lowest BCUT2D eigenvalue weighted by molar-refractivity contribution is 0.415. The second-order valence-electron chi connectivity index (χ2n) is 4.34. The zero-order valence-corrected chi connectivity index (χ0v) is 11.1. The van der Waals surface area contributed by atoms with Gasteiger partial charge in [-0.15, -0.1) is 0 Å². The van der Waals surface area contributed by atoms with Crippen LogP contribution in [0.3, 0.4) is 0 Å². The van der Waals surface area contributed by atoms with E-state index in [2.05, 4.69) is 50.2 Å². The Morgan fingerprint density at radius 1 is 0.722 bits per heavy atom. The summed E-state index contributed by atoms with van der Waals surface area (Å²) in [6.45, 7) is 4.32. The number of allylic oxidation sites excluding steroid dienone is 2. The summed E-state index contributed by atoms with van der Waals surface area (Å²) < 4.78 is 5.18. The fraction of sp³-hybridized carbons (Fsp3) is 0.176. The molecule has 0 N–H and O–H groups in total. The van der Waals surface area contributed by atoms with Gasteiger partial charge < -0.3 is 4.74 Å². The van der Waals surface area contributed by atoms with E-state index in [0.29, 0.717) is 0 Å². The van der Waals surface area contributed by atoms with Gasteiger partial charge in [-0.05, 0) is 48.3 Å². The minimum Gasteiger partial charge on any atom is -0.497 e. The normalized spacial score (nSPS) is 11.9. The molecule has 2 rings (SSSR count). The van der Waals surface area contributed by atoms with Crippen molar-refractivity contribution < 1.29 is 4.74 Å². The summed E-state index contributed by atoms with van der Waals surface area (Å²) in [6.07, 6.45) is 0. The molecule has 0 aliphatic heterocycles. The van der Waals surface area contributed by atoms with Crippen molar-refractivity contribution in [1.29, 1.82) is 0 Å². The van der Waals surface area contributed by atoms with E-state index in [0.717, 1.165) is 5.75 Å². The van der Waals surface area contributed by atoms with Crippen molar-refractivity contribution in [2.24, 2.45) is 0 Å². The minimum atomic E-state index is 0.893. The van der Waals surface area contributed by atoms with Gasteiger partial charge in [-0.3, -0.25) is 0 Å². The molecular weight excluding hydrogens is 220 g/mol. The molecule has 1 heteroatoms. The van der Waals surface area contributed by atoms with Crippen LogP contribution in [0.1, 0.15) is 25.0 Å². The van der Waals surface area contributed by atoms with Gasteiger partial charge in [0.2, 0.25) is 0 Å². The predicted octanol–water partition coefficient (Wildman–Crippen LogP) is 4.65. The maximum absolute atomic E-state index is 5.18. The molecule has 2 aromatic carbocycles. The first-order chi connectivity index (χ1) is 8.72. The molecule has 0 radical (unpaired) electrons. The molecule has 1 nitrogen and oxygen atoms in total. The number of rotatable bonds is 3. The van der Waals surface area contributed by atoms with Crippen molar-refractivity contribution in [3.63, 3.8) is 0 Å². The SMILES string of the molecule is COc1ccc(/C(C)=C(\C)c2ccccc2)cc1. The average molecular weight is 238 g/mol. The van der Waals surface area contributed by atoms with Gasteiger partial charge in [-0.1, -0.05) is 42.5 Å². The van der Waals surface area contributed by atoms with Crippen LogP contribution >= 0.6 is 0 Å². The van der Waals surface area contributed by atoms with Crippen molar-refractivity contribution in [3.05, 3.63) is 65.7 Å². The highest BCUT2D eigenvalue weighted by molar-refractivity contribution is 5.88. The Hall–Kier alpha value is -2.02. The maximum Gasteiger partial charge on any atom is 0.118 e. The third-order valence-electron chi connectivity index (χ3n) is 3.29. The second kappa shape index (κ2) is 5.54.